The van der Waals surface area contributed by atoms with E-state index in [9.17, 15) is 8.42 Å². The number of hydrogen-bond donors (Lipinski definition) is 1. The smallest absolute Gasteiger partial charge is 0.211 e. The number of sulfonamides is 1. The number of hydrogen-bond acceptors (Lipinski definition) is 6. The molecule has 0 spiro atoms. The first-order chi connectivity index (χ1) is 11.5. The number of anilines is 1. The van der Waals surface area contributed by atoms with Crippen molar-refractivity contribution < 1.29 is 8.42 Å². The minimum absolute atomic E-state index is 0.264. The lowest BCUT2D eigenvalue weighted by atomic mass is 9.97. The summed E-state index contributed by atoms with van der Waals surface area (Å²) in [6.07, 6.45) is 9.31. The summed E-state index contributed by atoms with van der Waals surface area (Å²) in [7, 11) is -3.08. The normalized spacial score (nSPS) is 20.2. The number of nitrogens with zero attached hydrogens (tertiary/aromatic N) is 3. The Balaban J connectivity index is 1.56. The Morgan fingerprint density at radius 2 is 1.96 bits per heavy atom. The van der Waals surface area contributed by atoms with Crippen molar-refractivity contribution in [3.8, 4) is 0 Å². The van der Waals surface area contributed by atoms with Gasteiger partial charge in [0.25, 0.3) is 0 Å². The van der Waals surface area contributed by atoms with Gasteiger partial charge in [0.15, 0.2) is 0 Å². The summed E-state index contributed by atoms with van der Waals surface area (Å²) >= 11 is 1.80. The molecule has 2 aromatic heterocycles. The Labute approximate surface area is 146 Å². The van der Waals surface area contributed by atoms with E-state index in [1.54, 1.807) is 22.0 Å². The molecule has 2 aromatic rings. The van der Waals surface area contributed by atoms with Crippen LogP contribution in [-0.4, -0.2) is 48.1 Å². The molecular weight excluding hydrogens is 344 g/mol. The zero-order valence-corrected chi connectivity index (χ0v) is 15.4. The fourth-order valence-corrected chi connectivity index (χ4v) is 5.83. The van der Waals surface area contributed by atoms with Gasteiger partial charge in [-0.25, -0.2) is 22.7 Å². The van der Waals surface area contributed by atoms with Gasteiger partial charge in [0.1, 0.15) is 17.0 Å². The van der Waals surface area contributed by atoms with E-state index in [4.69, 9.17) is 0 Å². The molecule has 1 aliphatic carbocycles. The highest BCUT2D eigenvalue weighted by Crippen LogP contribution is 2.38. The van der Waals surface area contributed by atoms with E-state index in [1.165, 1.54) is 34.9 Å². The van der Waals surface area contributed by atoms with Crippen molar-refractivity contribution in [3.63, 3.8) is 0 Å². The molecule has 24 heavy (non-hydrogen) atoms. The molecule has 1 aliphatic heterocycles. The van der Waals surface area contributed by atoms with E-state index in [0.717, 1.165) is 36.3 Å². The third-order valence-electron chi connectivity index (χ3n) is 5.02. The summed E-state index contributed by atoms with van der Waals surface area (Å²) in [6, 6.07) is 0.264. The molecule has 0 amide bonds. The molecule has 0 atom stereocenters. The first-order valence-electron chi connectivity index (χ1n) is 8.49. The summed E-state index contributed by atoms with van der Waals surface area (Å²) < 4.78 is 24.8. The van der Waals surface area contributed by atoms with Crippen molar-refractivity contribution >= 4 is 37.4 Å². The Hall–Kier alpha value is -1.25. The lowest BCUT2D eigenvalue weighted by Gasteiger charge is -2.31. The standard InChI is InChI=1S/C16H22N4O2S2/c1-24(21,22)20-8-6-11(7-9-20)19-15-14-12-4-2-3-5-13(12)23-16(14)18-10-17-15/h10-11H,2-9H2,1H3,(H,17,18,19). The van der Waals surface area contributed by atoms with Gasteiger partial charge in [-0.15, -0.1) is 11.3 Å². The highest BCUT2D eigenvalue weighted by Gasteiger charge is 2.26. The molecule has 0 unspecified atom stereocenters. The van der Waals surface area contributed by atoms with E-state index in [0.29, 0.717) is 13.1 Å². The molecule has 0 radical (unpaired) electrons. The SMILES string of the molecule is CS(=O)(=O)N1CCC(Nc2ncnc3sc4c(c23)CCCC4)CC1. The van der Waals surface area contributed by atoms with Crippen LogP contribution in [0.3, 0.4) is 0 Å². The van der Waals surface area contributed by atoms with Gasteiger partial charge < -0.3 is 5.32 Å². The Kier molecular flexibility index (Phi) is 4.22. The molecule has 2 aliphatic rings. The second-order valence-electron chi connectivity index (χ2n) is 6.69. The highest BCUT2D eigenvalue weighted by molar-refractivity contribution is 7.88. The van der Waals surface area contributed by atoms with E-state index >= 15 is 0 Å². The molecule has 3 heterocycles. The molecule has 1 N–H and O–H groups in total. The predicted molar refractivity (Wildman–Crippen MR) is 97.1 cm³/mol. The molecule has 0 aromatic carbocycles. The average Bonchev–Trinajstić information content (AvgIpc) is 2.94. The highest BCUT2D eigenvalue weighted by atomic mass is 32.2. The summed E-state index contributed by atoms with van der Waals surface area (Å²) in [5.74, 6) is 0.928. The first-order valence-corrected chi connectivity index (χ1v) is 11.2. The minimum Gasteiger partial charge on any atom is -0.367 e. The topological polar surface area (TPSA) is 75.2 Å². The van der Waals surface area contributed by atoms with Crippen LogP contribution in [0.5, 0.6) is 0 Å². The Morgan fingerprint density at radius 3 is 2.71 bits per heavy atom. The van der Waals surface area contributed by atoms with Crippen molar-refractivity contribution in [2.45, 2.75) is 44.6 Å². The number of nitrogens with one attached hydrogen (secondary N) is 1. The third-order valence-corrected chi connectivity index (χ3v) is 7.52. The van der Waals surface area contributed by atoms with Crippen LogP contribution in [-0.2, 0) is 22.9 Å². The molecule has 4 rings (SSSR count). The molecule has 0 saturated carbocycles. The Bertz CT molecular complexity index is 854. The molecule has 1 saturated heterocycles. The molecule has 130 valence electrons. The molecular formula is C16H22N4O2S2. The molecule has 8 heteroatoms. The summed E-state index contributed by atoms with van der Waals surface area (Å²) in [5.41, 5.74) is 1.43. The maximum absolute atomic E-state index is 11.6. The van der Waals surface area contributed by atoms with Crippen LogP contribution in [0.4, 0.5) is 5.82 Å². The van der Waals surface area contributed by atoms with Crippen LogP contribution >= 0.6 is 11.3 Å². The quantitative estimate of drug-likeness (QED) is 0.903. The van der Waals surface area contributed by atoms with Crippen LogP contribution in [0, 0.1) is 0 Å². The van der Waals surface area contributed by atoms with Crippen molar-refractivity contribution in [1.29, 1.82) is 0 Å². The lowest BCUT2D eigenvalue weighted by Crippen LogP contribution is -2.41. The lowest BCUT2D eigenvalue weighted by molar-refractivity contribution is 0.331. The molecule has 0 bridgehead atoms. The van der Waals surface area contributed by atoms with Gasteiger partial charge in [0.2, 0.25) is 10.0 Å². The van der Waals surface area contributed by atoms with E-state index < -0.39 is 10.0 Å². The van der Waals surface area contributed by atoms with Crippen LogP contribution in [0.25, 0.3) is 10.2 Å². The zero-order chi connectivity index (χ0) is 16.7. The van der Waals surface area contributed by atoms with Crippen LogP contribution in [0.2, 0.25) is 0 Å². The average molecular weight is 367 g/mol. The fraction of sp³-hybridized carbons (Fsp3) is 0.625. The van der Waals surface area contributed by atoms with Gasteiger partial charge in [-0.1, -0.05) is 0 Å². The van der Waals surface area contributed by atoms with Crippen LogP contribution in [0.15, 0.2) is 6.33 Å². The zero-order valence-electron chi connectivity index (χ0n) is 13.8. The van der Waals surface area contributed by atoms with Crippen molar-refractivity contribution in [2.24, 2.45) is 0 Å². The number of rotatable bonds is 3. The second-order valence-corrected chi connectivity index (χ2v) is 9.76. The van der Waals surface area contributed by atoms with E-state index in [1.807, 2.05) is 0 Å². The summed E-state index contributed by atoms with van der Waals surface area (Å²) in [5, 5.41) is 4.76. The van der Waals surface area contributed by atoms with Gasteiger partial charge in [-0.05, 0) is 44.1 Å². The second kappa shape index (κ2) is 6.24. The number of piperidine rings is 1. The summed E-state index contributed by atoms with van der Waals surface area (Å²) in [6.45, 7) is 1.15. The maximum atomic E-state index is 11.6. The van der Waals surface area contributed by atoms with E-state index in [-0.39, 0.29) is 6.04 Å². The predicted octanol–water partition coefficient (Wildman–Crippen LogP) is 2.41. The number of aryl methyl sites for hydroxylation is 2. The van der Waals surface area contributed by atoms with Gasteiger partial charge in [0, 0.05) is 24.0 Å². The van der Waals surface area contributed by atoms with Gasteiger partial charge >= 0.3 is 0 Å². The van der Waals surface area contributed by atoms with E-state index in [2.05, 4.69) is 15.3 Å². The van der Waals surface area contributed by atoms with Crippen LogP contribution < -0.4 is 5.32 Å². The van der Waals surface area contributed by atoms with Gasteiger partial charge in [0.05, 0.1) is 11.6 Å². The number of aromatic nitrogens is 2. The summed E-state index contributed by atoms with van der Waals surface area (Å²) in [4.78, 5) is 11.5. The number of fused-ring (bicyclic) bond motifs is 3. The number of thiophene rings is 1. The fourth-order valence-electron chi connectivity index (χ4n) is 3.72. The third kappa shape index (κ3) is 3.02. The molecule has 1 fully saturated rings. The van der Waals surface area contributed by atoms with Crippen molar-refractivity contribution in [3.05, 3.63) is 16.8 Å². The monoisotopic (exact) mass is 366 g/mol. The molecule has 6 nitrogen and oxygen atoms in total. The van der Waals surface area contributed by atoms with Crippen molar-refractivity contribution in [2.75, 3.05) is 24.7 Å². The van der Waals surface area contributed by atoms with Gasteiger partial charge in [-0.2, -0.15) is 0 Å². The first kappa shape index (κ1) is 16.2. The Morgan fingerprint density at radius 1 is 1.21 bits per heavy atom. The maximum Gasteiger partial charge on any atom is 0.211 e. The minimum atomic E-state index is -3.08. The van der Waals surface area contributed by atoms with Crippen LogP contribution in [0.1, 0.15) is 36.1 Å². The largest absolute Gasteiger partial charge is 0.367 e. The van der Waals surface area contributed by atoms with Crippen molar-refractivity contribution in [1.82, 2.24) is 14.3 Å². The van der Waals surface area contributed by atoms with Gasteiger partial charge in [-0.3, -0.25) is 0 Å².